The van der Waals surface area contributed by atoms with E-state index < -0.39 is 0 Å². The summed E-state index contributed by atoms with van der Waals surface area (Å²) in [6.45, 7) is 0.834. The molecular formula is C8H15NS2. The molecule has 0 radical (unpaired) electrons. The van der Waals surface area contributed by atoms with Crippen LogP contribution in [0.2, 0.25) is 0 Å². The molecule has 0 atom stereocenters. The molecule has 0 saturated carbocycles. The lowest BCUT2D eigenvalue weighted by atomic mass is 10.5. The summed E-state index contributed by atoms with van der Waals surface area (Å²) in [6.07, 6.45) is 3.25. The fourth-order valence-corrected chi connectivity index (χ4v) is 1.36. The third kappa shape index (κ3) is 10.0. The molecule has 0 aliphatic rings. The van der Waals surface area contributed by atoms with Crippen LogP contribution >= 0.6 is 23.1 Å². The van der Waals surface area contributed by atoms with Crippen molar-refractivity contribution in [2.75, 3.05) is 18.6 Å². The smallest absolute Gasteiger partial charge is 0.00583 e. The van der Waals surface area contributed by atoms with Crippen molar-refractivity contribution in [1.82, 2.24) is 0 Å². The van der Waals surface area contributed by atoms with E-state index in [1.54, 1.807) is 11.3 Å². The van der Waals surface area contributed by atoms with Crippen LogP contribution in [0.15, 0.2) is 22.9 Å². The van der Waals surface area contributed by atoms with Gasteiger partial charge in [0, 0.05) is 0 Å². The zero-order valence-corrected chi connectivity index (χ0v) is 8.46. The summed E-state index contributed by atoms with van der Waals surface area (Å²) in [7, 11) is 0. The largest absolute Gasteiger partial charge is 0.330 e. The number of hydrogen-bond donors (Lipinski definition) is 1. The summed E-state index contributed by atoms with van der Waals surface area (Å²) in [4.78, 5) is 0. The SMILES string of the molecule is CSCCCN.c1ccsc1. The minimum atomic E-state index is 0.834. The minimum Gasteiger partial charge on any atom is -0.330 e. The van der Waals surface area contributed by atoms with Gasteiger partial charge in [-0.3, -0.25) is 0 Å². The molecule has 0 amide bonds. The monoisotopic (exact) mass is 189 g/mol. The van der Waals surface area contributed by atoms with Crippen LogP contribution in [-0.4, -0.2) is 18.6 Å². The first-order chi connectivity index (χ1) is 5.41. The van der Waals surface area contributed by atoms with Gasteiger partial charge in [0.1, 0.15) is 0 Å². The van der Waals surface area contributed by atoms with Crippen LogP contribution in [0, 0.1) is 0 Å². The molecule has 0 unspecified atom stereocenters. The predicted molar refractivity (Wildman–Crippen MR) is 56.4 cm³/mol. The van der Waals surface area contributed by atoms with Crippen molar-refractivity contribution < 1.29 is 0 Å². The highest BCUT2D eigenvalue weighted by atomic mass is 32.2. The summed E-state index contributed by atoms with van der Waals surface area (Å²) < 4.78 is 0. The third-order valence-electron chi connectivity index (χ3n) is 0.978. The molecule has 1 nitrogen and oxygen atoms in total. The van der Waals surface area contributed by atoms with E-state index in [4.69, 9.17) is 5.73 Å². The van der Waals surface area contributed by atoms with Crippen LogP contribution in [0.1, 0.15) is 6.42 Å². The third-order valence-corrected chi connectivity index (χ3v) is 2.30. The predicted octanol–water partition coefficient (Wildman–Crippen LogP) is 2.45. The number of rotatable bonds is 3. The van der Waals surface area contributed by atoms with Gasteiger partial charge in [0.25, 0.3) is 0 Å². The summed E-state index contributed by atoms with van der Waals surface area (Å²) in [5.74, 6) is 1.20. The molecule has 0 saturated heterocycles. The minimum absolute atomic E-state index is 0.834. The van der Waals surface area contributed by atoms with E-state index in [0.717, 1.165) is 13.0 Å². The topological polar surface area (TPSA) is 26.0 Å². The first kappa shape index (κ1) is 11.0. The van der Waals surface area contributed by atoms with Gasteiger partial charge in [0.05, 0.1) is 0 Å². The fourth-order valence-electron chi connectivity index (χ4n) is 0.454. The highest BCUT2D eigenvalue weighted by Crippen LogP contribution is 1.91. The Labute approximate surface area is 77.0 Å². The Bertz CT molecular complexity index is 107. The normalized spacial score (nSPS) is 8.55. The van der Waals surface area contributed by atoms with E-state index in [1.165, 1.54) is 5.75 Å². The second-order valence-corrected chi connectivity index (χ2v) is 3.73. The maximum Gasteiger partial charge on any atom is -0.00583 e. The van der Waals surface area contributed by atoms with Crippen LogP contribution in [0.4, 0.5) is 0 Å². The van der Waals surface area contributed by atoms with Gasteiger partial charge in [-0.05, 0) is 35.7 Å². The molecule has 11 heavy (non-hydrogen) atoms. The number of hydrogen-bond acceptors (Lipinski definition) is 3. The Hall–Kier alpha value is 0.01000. The number of thioether (sulfide) groups is 1. The Morgan fingerprint density at radius 3 is 2.18 bits per heavy atom. The second kappa shape index (κ2) is 10.0. The van der Waals surface area contributed by atoms with Crippen molar-refractivity contribution in [2.45, 2.75) is 6.42 Å². The van der Waals surface area contributed by atoms with Gasteiger partial charge in [-0.1, -0.05) is 12.1 Å². The highest BCUT2D eigenvalue weighted by molar-refractivity contribution is 7.98. The van der Waals surface area contributed by atoms with E-state index in [0.29, 0.717) is 0 Å². The van der Waals surface area contributed by atoms with Crippen LogP contribution in [0.3, 0.4) is 0 Å². The number of thiophene rings is 1. The molecule has 0 fully saturated rings. The first-order valence-electron chi connectivity index (χ1n) is 3.58. The quantitative estimate of drug-likeness (QED) is 0.739. The van der Waals surface area contributed by atoms with Crippen molar-refractivity contribution in [3.63, 3.8) is 0 Å². The van der Waals surface area contributed by atoms with E-state index >= 15 is 0 Å². The van der Waals surface area contributed by atoms with Crippen molar-refractivity contribution in [1.29, 1.82) is 0 Å². The molecular weight excluding hydrogens is 174 g/mol. The zero-order chi connectivity index (χ0) is 8.36. The molecule has 0 bridgehead atoms. The van der Waals surface area contributed by atoms with E-state index in [9.17, 15) is 0 Å². The molecule has 0 aliphatic carbocycles. The van der Waals surface area contributed by atoms with Crippen molar-refractivity contribution in [3.05, 3.63) is 22.9 Å². The lowest BCUT2D eigenvalue weighted by Crippen LogP contribution is -1.98. The summed E-state index contributed by atoms with van der Waals surface area (Å²) in [6, 6.07) is 4.04. The summed E-state index contributed by atoms with van der Waals surface area (Å²) in [5, 5.41) is 4.08. The maximum absolute atomic E-state index is 5.20. The van der Waals surface area contributed by atoms with E-state index in [2.05, 4.69) is 6.26 Å². The van der Waals surface area contributed by atoms with Crippen molar-refractivity contribution in [2.24, 2.45) is 5.73 Å². The molecule has 0 aromatic carbocycles. The van der Waals surface area contributed by atoms with Crippen LogP contribution in [-0.2, 0) is 0 Å². The maximum atomic E-state index is 5.20. The van der Waals surface area contributed by atoms with Gasteiger partial charge >= 0.3 is 0 Å². The van der Waals surface area contributed by atoms with Gasteiger partial charge in [-0.2, -0.15) is 23.1 Å². The Kier molecular flexibility index (Phi) is 10.0. The van der Waals surface area contributed by atoms with Gasteiger partial charge in [-0.25, -0.2) is 0 Å². The Morgan fingerprint density at radius 1 is 1.36 bits per heavy atom. The molecule has 1 rings (SSSR count). The lowest BCUT2D eigenvalue weighted by Gasteiger charge is -1.86. The van der Waals surface area contributed by atoms with Gasteiger partial charge < -0.3 is 5.73 Å². The van der Waals surface area contributed by atoms with Gasteiger partial charge in [0.15, 0.2) is 0 Å². The Morgan fingerprint density at radius 2 is 2.00 bits per heavy atom. The first-order valence-corrected chi connectivity index (χ1v) is 5.91. The average molecular weight is 189 g/mol. The summed E-state index contributed by atoms with van der Waals surface area (Å²) in [5.41, 5.74) is 5.20. The molecule has 1 aromatic rings. The highest BCUT2D eigenvalue weighted by Gasteiger charge is 1.75. The van der Waals surface area contributed by atoms with E-state index in [-0.39, 0.29) is 0 Å². The van der Waals surface area contributed by atoms with Crippen molar-refractivity contribution in [3.8, 4) is 0 Å². The molecule has 0 aliphatic heterocycles. The standard InChI is InChI=1S/C4H11NS.C4H4S/c1-6-4-2-3-5;1-2-4-5-3-1/h2-5H2,1H3;1-4H. The molecule has 1 aromatic heterocycles. The lowest BCUT2D eigenvalue weighted by molar-refractivity contribution is 0.944. The van der Waals surface area contributed by atoms with Crippen LogP contribution in [0.5, 0.6) is 0 Å². The number of nitrogens with two attached hydrogens (primary N) is 1. The molecule has 3 heteroatoms. The van der Waals surface area contributed by atoms with Crippen molar-refractivity contribution >= 4 is 23.1 Å². The average Bonchev–Trinajstić information content (AvgIpc) is 2.57. The van der Waals surface area contributed by atoms with Crippen LogP contribution in [0.25, 0.3) is 0 Å². The zero-order valence-electron chi connectivity index (χ0n) is 6.82. The van der Waals surface area contributed by atoms with Gasteiger partial charge in [0.2, 0.25) is 0 Å². The Balaban J connectivity index is 0.000000183. The van der Waals surface area contributed by atoms with Gasteiger partial charge in [-0.15, -0.1) is 0 Å². The molecule has 0 spiro atoms. The molecule has 64 valence electrons. The molecule has 1 heterocycles. The molecule has 2 N–H and O–H groups in total. The fraction of sp³-hybridized carbons (Fsp3) is 0.500. The van der Waals surface area contributed by atoms with Crippen LogP contribution < -0.4 is 5.73 Å². The summed E-state index contributed by atoms with van der Waals surface area (Å²) >= 11 is 3.56. The second-order valence-electron chi connectivity index (χ2n) is 1.93. The van der Waals surface area contributed by atoms with E-state index in [1.807, 2.05) is 34.7 Å².